The van der Waals surface area contributed by atoms with Gasteiger partial charge >= 0.3 is 0 Å². The van der Waals surface area contributed by atoms with Crippen molar-refractivity contribution in [1.82, 2.24) is 14.5 Å². The minimum atomic E-state index is -3.82. The lowest BCUT2D eigenvalue weighted by Gasteiger charge is -2.18. The highest BCUT2D eigenvalue weighted by atomic mass is 32.2. The van der Waals surface area contributed by atoms with Gasteiger partial charge in [-0.2, -0.15) is 4.31 Å². The molecule has 0 saturated carbocycles. The molecule has 0 amide bonds. The lowest BCUT2D eigenvalue weighted by atomic mass is 10.3. The molecule has 0 radical (unpaired) electrons. The fourth-order valence-electron chi connectivity index (χ4n) is 2.65. The Morgan fingerprint density at radius 2 is 1.84 bits per heavy atom. The second-order valence-corrected chi connectivity index (χ2v) is 10.3. The first kappa shape index (κ1) is 23.1. The van der Waals surface area contributed by atoms with Crippen LogP contribution in [0.3, 0.4) is 0 Å². The van der Waals surface area contributed by atoms with Crippen LogP contribution in [0, 0.1) is 15.9 Å². The quantitative estimate of drug-likeness (QED) is 0.349. The number of rotatable bonds is 9. The van der Waals surface area contributed by atoms with Crippen LogP contribution in [0.1, 0.15) is 13.8 Å². The third-order valence-electron chi connectivity index (χ3n) is 4.17. The van der Waals surface area contributed by atoms with E-state index in [-0.39, 0.29) is 34.4 Å². The van der Waals surface area contributed by atoms with Crippen molar-refractivity contribution in [2.24, 2.45) is 0 Å². The number of hydrogen-bond acceptors (Lipinski definition) is 9. The number of anilines is 2. The van der Waals surface area contributed by atoms with Crippen LogP contribution < -0.4 is 5.32 Å². The second-order valence-electron chi connectivity index (χ2n) is 6.08. The average Bonchev–Trinajstić information content (AvgIpc) is 3.17. The van der Waals surface area contributed by atoms with Crippen molar-refractivity contribution < 1.29 is 17.7 Å². The van der Waals surface area contributed by atoms with Crippen molar-refractivity contribution in [2.75, 3.05) is 18.4 Å². The molecule has 0 saturated heterocycles. The predicted molar refractivity (Wildman–Crippen MR) is 117 cm³/mol. The monoisotopic (exact) mass is 483 g/mol. The van der Waals surface area contributed by atoms with Gasteiger partial charge in [-0.05, 0) is 48.2 Å². The van der Waals surface area contributed by atoms with Gasteiger partial charge in [0.1, 0.15) is 5.82 Å². The highest BCUT2D eigenvalue weighted by molar-refractivity contribution is 8.01. The SMILES string of the molecule is CCN(CC)S(=O)(=O)c1ccc(Sc2nnc(Nc3ccc(F)cc3)s2)c([N+](=O)[O-])c1. The minimum Gasteiger partial charge on any atom is -0.330 e. The Morgan fingerprint density at radius 1 is 1.16 bits per heavy atom. The van der Waals surface area contributed by atoms with Gasteiger partial charge in [-0.25, -0.2) is 12.8 Å². The fraction of sp³-hybridized carbons (Fsp3) is 0.222. The molecule has 0 aliphatic heterocycles. The third-order valence-corrected chi connectivity index (χ3v) is 8.17. The molecule has 3 aromatic rings. The summed E-state index contributed by atoms with van der Waals surface area (Å²) in [6, 6.07) is 9.50. The van der Waals surface area contributed by atoms with Gasteiger partial charge < -0.3 is 5.32 Å². The number of halogens is 1. The van der Waals surface area contributed by atoms with Crippen LogP contribution in [0.5, 0.6) is 0 Å². The van der Waals surface area contributed by atoms with Crippen molar-refractivity contribution in [3.8, 4) is 0 Å². The lowest BCUT2D eigenvalue weighted by Crippen LogP contribution is -2.30. The Labute approximate surface area is 186 Å². The van der Waals surface area contributed by atoms with E-state index >= 15 is 0 Å². The Morgan fingerprint density at radius 3 is 2.45 bits per heavy atom. The van der Waals surface area contributed by atoms with Gasteiger partial charge in [0.2, 0.25) is 15.2 Å². The summed E-state index contributed by atoms with van der Waals surface area (Å²) in [5.74, 6) is -0.363. The van der Waals surface area contributed by atoms with Gasteiger partial charge in [0, 0.05) is 24.8 Å². The van der Waals surface area contributed by atoms with Crippen molar-refractivity contribution in [2.45, 2.75) is 28.0 Å². The summed E-state index contributed by atoms with van der Waals surface area (Å²) in [5, 5.41) is 23.0. The third kappa shape index (κ3) is 5.36. The van der Waals surface area contributed by atoms with E-state index in [2.05, 4.69) is 15.5 Å². The van der Waals surface area contributed by atoms with Gasteiger partial charge in [0.05, 0.1) is 14.7 Å². The fourth-order valence-corrected chi connectivity index (χ4v) is 5.94. The molecule has 0 bridgehead atoms. The first-order chi connectivity index (χ1) is 14.7. The summed E-state index contributed by atoms with van der Waals surface area (Å²) in [6.07, 6.45) is 0. The Kier molecular flexibility index (Phi) is 7.20. The molecule has 31 heavy (non-hydrogen) atoms. The number of hydrogen-bond donors (Lipinski definition) is 1. The molecule has 1 heterocycles. The number of benzene rings is 2. The summed E-state index contributed by atoms with van der Waals surface area (Å²) in [4.78, 5) is 11.1. The van der Waals surface area contributed by atoms with Gasteiger partial charge in [-0.1, -0.05) is 25.2 Å². The first-order valence-corrected chi connectivity index (χ1v) is 12.1. The summed E-state index contributed by atoms with van der Waals surface area (Å²) in [6.45, 7) is 3.93. The van der Waals surface area contributed by atoms with E-state index in [0.29, 0.717) is 15.2 Å². The van der Waals surface area contributed by atoms with E-state index in [9.17, 15) is 22.9 Å². The molecule has 2 aromatic carbocycles. The molecular formula is C18H18FN5O4S3. The van der Waals surface area contributed by atoms with E-state index in [1.54, 1.807) is 26.0 Å². The summed E-state index contributed by atoms with van der Waals surface area (Å²) in [5.41, 5.74) is 0.285. The van der Waals surface area contributed by atoms with Crippen molar-refractivity contribution >= 4 is 49.6 Å². The smallest absolute Gasteiger partial charge is 0.284 e. The van der Waals surface area contributed by atoms with Crippen LogP contribution in [0.2, 0.25) is 0 Å². The predicted octanol–water partition coefficient (Wildman–Crippen LogP) is 4.51. The molecule has 0 atom stereocenters. The number of nitrogens with zero attached hydrogens (tertiary/aromatic N) is 4. The highest BCUT2D eigenvalue weighted by Crippen LogP contribution is 2.39. The van der Waals surface area contributed by atoms with Crippen LogP contribution in [-0.2, 0) is 10.0 Å². The largest absolute Gasteiger partial charge is 0.330 e. The van der Waals surface area contributed by atoms with Crippen LogP contribution in [-0.4, -0.2) is 40.9 Å². The zero-order chi connectivity index (χ0) is 22.6. The van der Waals surface area contributed by atoms with Crippen molar-refractivity contribution in [3.05, 3.63) is 58.4 Å². The van der Waals surface area contributed by atoms with Crippen LogP contribution in [0.25, 0.3) is 0 Å². The van der Waals surface area contributed by atoms with Crippen molar-refractivity contribution in [1.29, 1.82) is 0 Å². The first-order valence-electron chi connectivity index (χ1n) is 9.07. The van der Waals surface area contributed by atoms with Crippen molar-refractivity contribution in [3.63, 3.8) is 0 Å². The van der Waals surface area contributed by atoms with Gasteiger partial charge in [0.15, 0.2) is 4.34 Å². The van der Waals surface area contributed by atoms with Gasteiger partial charge in [-0.3, -0.25) is 10.1 Å². The maximum atomic E-state index is 13.0. The van der Waals surface area contributed by atoms with Gasteiger partial charge in [-0.15, -0.1) is 10.2 Å². The normalized spacial score (nSPS) is 11.6. The van der Waals surface area contributed by atoms with Gasteiger partial charge in [0.25, 0.3) is 5.69 Å². The van der Waals surface area contributed by atoms with E-state index < -0.39 is 14.9 Å². The molecule has 0 unspecified atom stereocenters. The molecular weight excluding hydrogens is 465 g/mol. The Balaban J connectivity index is 1.84. The van der Waals surface area contributed by atoms with E-state index in [1.807, 2.05) is 0 Å². The highest BCUT2D eigenvalue weighted by Gasteiger charge is 2.26. The molecule has 13 heteroatoms. The number of nitro groups is 1. The second kappa shape index (κ2) is 9.68. The van der Waals surface area contributed by atoms with Crippen LogP contribution in [0.4, 0.5) is 20.9 Å². The zero-order valence-corrected chi connectivity index (χ0v) is 18.9. The summed E-state index contributed by atoms with van der Waals surface area (Å²) >= 11 is 2.17. The number of nitrogens with one attached hydrogen (secondary N) is 1. The molecule has 0 aliphatic carbocycles. The maximum Gasteiger partial charge on any atom is 0.284 e. The Hall–Kier alpha value is -2.61. The van der Waals surface area contributed by atoms with E-state index in [1.165, 1.54) is 28.6 Å². The van der Waals surface area contributed by atoms with E-state index in [0.717, 1.165) is 29.2 Å². The summed E-state index contributed by atoms with van der Waals surface area (Å²) in [7, 11) is -3.82. The minimum absolute atomic E-state index is 0.136. The molecule has 9 nitrogen and oxygen atoms in total. The number of sulfonamides is 1. The maximum absolute atomic E-state index is 13.0. The zero-order valence-electron chi connectivity index (χ0n) is 16.5. The van der Waals surface area contributed by atoms with Crippen LogP contribution in [0.15, 0.2) is 56.6 Å². The molecule has 0 aliphatic rings. The molecule has 1 aromatic heterocycles. The average molecular weight is 484 g/mol. The molecule has 0 fully saturated rings. The molecule has 1 N–H and O–H groups in total. The molecule has 164 valence electrons. The number of aromatic nitrogens is 2. The number of nitro benzene ring substituents is 1. The van der Waals surface area contributed by atoms with Crippen LogP contribution >= 0.6 is 23.1 Å². The standard InChI is InChI=1S/C18H18FN5O4S3/c1-3-23(4-2)31(27,28)14-9-10-16(15(11-14)24(25)26)29-18-22-21-17(30-18)20-13-7-5-12(19)6-8-13/h5-11H,3-4H2,1-2H3,(H,20,21). The Bertz CT molecular complexity index is 1180. The van der Waals surface area contributed by atoms with E-state index in [4.69, 9.17) is 0 Å². The molecule has 3 rings (SSSR count). The molecule has 0 spiro atoms. The lowest BCUT2D eigenvalue weighted by molar-refractivity contribution is -0.388. The topological polar surface area (TPSA) is 118 Å². The summed E-state index contributed by atoms with van der Waals surface area (Å²) < 4.78 is 40.0.